The van der Waals surface area contributed by atoms with Crippen LogP contribution in [0.15, 0.2) is 89.0 Å². The zero-order chi connectivity index (χ0) is 21.2. The monoisotopic (exact) mass is 426 g/mol. The maximum atomic E-state index is 13.2. The molecule has 31 heavy (non-hydrogen) atoms. The first kappa shape index (κ1) is 19.6. The number of carbonyl (C=O) groups is 1. The molecule has 0 saturated carbocycles. The lowest BCUT2D eigenvalue weighted by Gasteiger charge is -2.34. The van der Waals surface area contributed by atoms with Gasteiger partial charge < -0.3 is 0 Å². The van der Waals surface area contributed by atoms with Gasteiger partial charge in [-0.3, -0.25) is 15.1 Å². The van der Waals surface area contributed by atoms with Crippen LogP contribution in [0.2, 0.25) is 0 Å². The molecule has 2 heterocycles. The number of para-hydroxylation sites is 1. The molecular formula is C25H22N4OS. The first-order valence-corrected chi connectivity index (χ1v) is 11.3. The summed E-state index contributed by atoms with van der Waals surface area (Å²) in [6.45, 7) is 2.14. The van der Waals surface area contributed by atoms with Crippen molar-refractivity contribution < 1.29 is 4.79 Å². The van der Waals surface area contributed by atoms with E-state index in [-0.39, 0.29) is 12.1 Å². The summed E-state index contributed by atoms with van der Waals surface area (Å²) in [5, 5.41) is 11.8. The van der Waals surface area contributed by atoms with E-state index in [1.165, 1.54) is 22.9 Å². The molecule has 1 atom stereocenters. The number of rotatable bonds is 4. The summed E-state index contributed by atoms with van der Waals surface area (Å²) in [6.07, 6.45) is 0.599. The number of hydrogen-bond donors (Lipinski definition) is 1. The van der Waals surface area contributed by atoms with Gasteiger partial charge in [0.15, 0.2) is 11.3 Å². The van der Waals surface area contributed by atoms with E-state index in [9.17, 15) is 4.79 Å². The van der Waals surface area contributed by atoms with Gasteiger partial charge in [0.1, 0.15) is 5.70 Å². The molecule has 2 aliphatic heterocycles. The number of aryl methyl sites for hydroxylation is 1. The third-order valence-corrected chi connectivity index (χ3v) is 6.35. The fraction of sp³-hybridized carbons (Fsp3) is 0.160. The van der Waals surface area contributed by atoms with Gasteiger partial charge in [0.05, 0.1) is 5.36 Å². The lowest BCUT2D eigenvalue weighted by Crippen LogP contribution is -2.50. The topological polar surface area (TPSA) is 57.1 Å². The minimum atomic E-state index is -0.380. The number of nitrogens with one attached hydrogen (secondary N) is 1. The van der Waals surface area contributed by atoms with E-state index in [1.54, 1.807) is 5.01 Å². The van der Waals surface area contributed by atoms with E-state index in [0.717, 1.165) is 28.3 Å². The van der Waals surface area contributed by atoms with Crippen LogP contribution in [0.5, 0.6) is 0 Å². The van der Waals surface area contributed by atoms with Crippen molar-refractivity contribution in [3.05, 3.63) is 106 Å². The molecule has 0 radical (unpaired) electrons. The molecule has 3 aromatic carbocycles. The van der Waals surface area contributed by atoms with Gasteiger partial charge in [-0.25, -0.2) is 5.01 Å². The third kappa shape index (κ3) is 3.86. The van der Waals surface area contributed by atoms with Crippen LogP contribution in [0.3, 0.4) is 0 Å². The maximum Gasteiger partial charge on any atom is 0.276 e. The van der Waals surface area contributed by atoms with E-state index in [1.807, 2.05) is 42.5 Å². The number of carbonyl (C=O) groups excluding carboxylic acids is 1. The molecule has 1 N–H and O–H groups in total. The van der Waals surface area contributed by atoms with E-state index in [4.69, 9.17) is 10.1 Å². The lowest BCUT2D eigenvalue weighted by atomic mass is 10.1. The van der Waals surface area contributed by atoms with Crippen molar-refractivity contribution in [3.63, 3.8) is 0 Å². The molecular weight excluding hydrogens is 404 g/mol. The highest BCUT2D eigenvalue weighted by Gasteiger charge is 2.34. The normalized spacial score (nSPS) is 17.3. The summed E-state index contributed by atoms with van der Waals surface area (Å²) in [4.78, 5) is 18.1. The zero-order valence-electron chi connectivity index (χ0n) is 17.2. The number of hydrogen-bond acceptors (Lipinski definition) is 5. The van der Waals surface area contributed by atoms with E-state index >= 15 is 0 Å². The maximum absolute atomic E-state index is 13.2. The number of fused-ring (bicyclic) bond motifs is 2. The first-order valence-electron chi connectivity index (χ1n) is 10.3. The van der Waals surface area contributed by atoms with Gasteiger partial charge in [0, 0.05) is 11.0 Å². The van der Waals surface area contributed by atoms with Crippen molar-refractivity contribution >= 4 is 28.5 Å². The Balaban J connectivity index is 1.56. The van der Waals surface area contributed by atoms with Gasteiger partial charge in [-0.2, -0.15) is 0 Å². The van der Waals surface area contributed by atoms with Crippen molar-refractivity contribution in [2.75, 3.05) is 0 Å². The van der Waals surface area contributed by atoms with Crippen LogP contribution in [0.4, 0.5) is 0 Å². The average molecular weight is 427 g/mol. The molecule has 0 aromatic heterocycles. The molecule has 0 bridgehead atoms. The Bertz CT molecular complexity index is 1270. The van der Waals surface area contributed by atoms with Gasteiger partial charge >= 0.3 is 0 Å². The van der Waals surface area contributed by atoms with Crippen molar-refractivity contribution in [2.45, 2.75) is 25.3 Å². The van der Waals surface area contributed by atoms with Crippen molar-refractivity contribution in [1.29, 1.82) is 0 Å². The minimum Gasteiger partial charge on any atom is -0.298 e. The van der Waals surface area contributed by atoms with Gasteiger partial charge in [0.2, 0.25) is 0 Å². The van der Waals surface area contributed by atoms with Crippen LogP contribution in [-0.4, -0.2) is 16.1 Å². The largest absolute Gasteiger partial charge is 0.298 e. The highest BCUT2D eigenvalue weighted by molar-refractivity contribution is 8.13. The highest BCUT2D eigenvalue weighted by atomic mass is 32.2. The van der Waals surface area contributed by atoms with Gasteiger partial charge in [-0.1, -0.05) is 91.5 Å². The van der Waals surface area contributed by atoms with E-state index in [0.29, 0.717) is 10.9 Å². The Morgan fingerprint density at radius 2 is 1.68 bits per heavy atom. The summed E-state index contributed by atoms with van der Waals surface area (Å²) in [5.41, 5.74) is 4.00. The molecule has 2 aliphatic rings. The van der Waals surface area contributed by atoms with Gasteiger partial charge in [-0.05, 0) is 29.2 Å². The van der Waals surface area contributed by atoms with Crippen LogP contribution in [0.1, 0.15) is 29.8 Å². The standard InChI is InChI=1S/C25H22N4OS/c1-2-17-12-14-19(15-13-17)23-26-21-11-7-6-10-20(21)22-24(30)27-25(28-29(22)23)31-16-18-8-4-3-5-9-18/h3-15,23H,2,16H2,1H3,(H,27,28,30)/t23-/m0/s1. The smallest absolute Gasteiger partial charge is 0.276 e. The second kappa shape index (κ2) is 8.40. The number of amidine groups is 1. The van der Waals surface area contributed by atoms with Gasteiger partial charge in [-0.15, -0.1) is 5.10 Å². The van der Waals surface area contributed by atoms with Crippen LogP contribution in [0, 0.1) is 0 Å². The average Bonchev–Trinajstić information content (AvgIpc) is 2.83. The Kier molecular flexibility index (Phi) is 5.30. The van der Waals surface area contributed by atoms with Gasteiger partial charge in [0.25, 0.3) is 5.91 Å². The third-order valence-electron chi connectivity index (χ3n) is 5.42. The highest BCUT2D eigenvalue weighted by Crippen LogP contribution is 2.31. The molecule has 0 spiro atoms. The number of nitrogens with zero attached hydrogens (tertiary/aromatic N) is 3. The summed E-state index contributed by atoms with van der Waals surface area (Å²) < 4.78 is 0. The van der Waals surface area contributed by atoms with Crippen LogP contribution >= 0.6 is 11.8 Å². The second-order valence-corrected chi connectivity index (χ2v) is 8.41. The fourth-order valence-corrected chi connectivity index (χ4v) is 4.57. The Hall–Kier alpha value is -3.38. The summed E-state index contributed by atoms with van der Waals surface area (Å²) >= 11 is 1.52. The summed E-state index contributed by atoms with van der Waals surface area (Å²) in [6, 6.07) is 26.3. The Morgan fingerprint density at radius 3 is 2.45 bits per heavy atom. The van der Waals surface area contributed by atoms with Crippen LogP contribution in [-0.2, 0) is 17.0 Å². The quantitative estimate of drug-likeness (QED) is 0.696. The fourth-order valence-electron chi connectivity index (χ4n) is 3.76. The lowest BCUT2D eigenvalue weighted by molar-refractivity contribution is -0.116. The summed E-state index contributed by atoms with van der Waals surface area (Å²) in [7, 11) is 0. The molecule has 0 aliphatic carbocycles. The zero-order valence-corrected chi connectivity index (χ0v) is 18.0. The predicted octanol–water partition coefficient (Wildman–Crippen LogP) is 3.33. The first-order chi connectivity index (χ1) is 15.2. The molecule has 0 saturated heterocycles. The van der Waals surface area contributed by atoms with Crippen molar-refractivity contribution in [3.8, 4) is 0 Å². The van der Waals surface area contributed by atoms with Crippen LogP contribution < -0.4 is 15.9 Å². The van der Waals surface area contributed by atoms with Crippen LogP contribution in [0.25, 0.3) is 5.70 Å². The summed E-state index contributed by atoms with van der Waals surface area (Å²) in [5.74, 6) is 0.579. The molecule has 3 aromatic rings. The molecule has 0 unspecified atom stereocenters. The molecule has 0 fully saturated rings. The number of hydrazone groups is 1. The van der Waals surface area contributed by atoms with E-state index < -0.39 is 0 Å². The molecule has 5 rings (SSSR count). The van der Waals surface area contributed by atoms with Crippen molar-refractivity contribution in [1.82, 2.24) is 10.3 Å². The Labute approximate surface area is 185 Å². The molecule has 154 valence electrons. The van der Waals surface area contributed by atoms with E-state index in [2.05, 4.69) is 48.6 Å². The molecule has 1 amide bonds. The molecule has 5 nitrogen and oxygen atoms in total. The number of thioether (sulfide) groups is 1. The Morgan fingerprint density at radius 1 is 0.935 bits per heavy atom. The predicted molar refractivity (Wildman–Crippen MR) is 124 cm³/mol. The minimum absolute atomic E-state index is 0.150. The number of amides is 1. The SMILES string of the molecule is CCc1ccc([C@H]2N=c3ccccc3=C3C(=O)NC(SCc4ccccc4)=NN32)cc1. The van der Waals surface area contributed by atoms with Crippen molar-refractivity contribution in [2.24, 2.45) is 10.1 Å². The number of benzene rings is 3. The second-order valence-electron chi connectivity index (χ2n) is 7.44. The molecule has 6 heteroatoms.